The van der Waals surface area contributed by atoms with Crippen LogP contribution in [0.25, 0.3) is 5.69 Å². The number of aromatic nitrogens is 2. The molecule has 3 aromatic rings. The number of rotatable bonds is 7. The minimum Gasteiger partial charge on any atom is -0.435 e. The van der Waals surface area contributed by atoms with E-state index in [1.165, 1.54) is 36.0 Å². The average Bonchev–Trinajstić information content (AvgIpc) is 3.10. The fraction of sp³-hybridized carbons (Fsp3) is 0.111. The van der Waals surface area contributed by atoms with Crippen LogP contribution in [0.2, 0.25) is 5.02 Å². The zero-order valence-corrected chi connectivity index (χ0v) is 15.4. The molecule has 3 rings (SSSR count). The Morgan fingerprint density at radius 2 is 2.04 bits per heavy atom. The molecule has 1 heterocycles. The highest BCUT2D eigenvalue weighted by Gasteiger charge is 2.10. The minimum absolute atomic E-state index is 0.0286. The smallest absolute Gasteiger partial charge is 0.387 e. The van der Waals surface area contributed by atoms with Gasteiger partial charge in [0.05, 0.1) is 5.75 Å². The largest absolute Gasteiger partial charge is 0.435 e. The lowest BCUT2D eigenvalue weighted by atomic mass is 10.3. The first kappa shape index (κ1) is 19.2. The highest BCUT2D eigenvalue weighted by atomic mass is 35.5. The van der Waals surface area contributed by atoms with Crippen molar-refractivity contribution in [1.29, 1.82) is 0 Å². The predicted octanol–water partition coefficient (Wildman–Crippen LogP) is 4.86. The van der Waals surface area contributed by atoms with Crippen LogP contribution in [-0.2, 0) is 4.79 Å². The molecule has 0 saturated carbocycles. The van der Waals surface area contributed by atoms with Gasteiger partial charge in [0, 0.05) is 28.8 Å². The van der Waals surface area contributed by atoms with Gasteiger partial charge < -0.3 is 10.1 Å². The first-order valence-electron chi connectivity index (χ1n) is 7.78. The number of benzene rings is 2. The molecule has 0 aliphatic rings. The number of carbonyl (C=O) groups excluding carboxylic acids is 1. The lowest BCUT2D eigenvalue weighted by Gasteiger charge is -2.09. The van der Waals surface area contributed by atoms with Gasteiger partial charge in [0.15, 0.2) is 5.16 Å². The molecule has 140 valence electrons. The third-order valence-electron chi connectivity index (χ3n) is 3.39. The van der Waals surface area contributed by atoms with Crippen molar-refractivity contribution in [3.05, 3.63) is 65.9 Å². The minimum atomic E-state index is -2.88. The zero-order valence-electron chi connectivity index (χ0n) is 13.8. The van der Waals surface area contributed by atoms with E-state index >= 15 is 0 Å². The van der Waals surface area contributed by atoms with Gasteiger partial charge in [-0.25, -0.2) is 4.98 Å². The summed E-state index contributed by atoms with van der Waals surface area (Å²) in [5, 5.41) is 3.94. The molecule has 0 unspecified atom stereocenters. The first-order valence-corrected chi connectivity index (χ1v) is 9.14. The maximum absolute atomic E-state index is 12.1. The Morgan fingerprint density at radius 1 is 1.26 bits per heavy atom. The summed E-state index contributed by atoms with van der Waals surface area (Å²) >= 11 is 7.28. The van der Waals surface area contributed by atoms with E-state index in [4.69, 9.17) is 11.6 Å². The number of thioether (sulfide) groups is 1. The first-order chi connectivity index (χ1) is 13.0. The van der Waals surface area contributed by atoms with Crippen molar-refractivity contribution < 1.29 is 18.3 Å². The van der Waals surface area contributed by atoms with E-state index in [2.05, 4.69) is 15.0 Å². The maximum atomic E-state index is 12.1. The fourth-order valence-corrected chi connectivity index (χ4v) is 3.22. The van der Waals surface area contributed by atoms with Gasteiger partial charge in [0.1, 0.15) is 5.75 Å². The van der Waals surface area contributed by atoms with E-state index in [0.717, 1.165) is 5.69 Å². The van der Waals surface area contributed by atoms with E-state index in [1.807, 2.05) is 16.7 Å². The quantitative estimate of drug-likeness (QED) is 0.566. The van der Waals surface area contributed by atoms with Crippen molar-refractivity contribution in [3.63, 3.8) is 0 Å². The summed E-state index contributed by atoms with van der Waals surface area (Å²) in [6.07, 6.45) is 3.43. The van der Waals surface area contributed by atoms with Gasteiger partial charge in [-0.2, -0.15) is 8.78 Å². The summed E-state index contributed by atoms with van der Waals surface area (Å²) in [4.78, 5) is 16.4. The van der Waals surface area contributed by atoms with Crippen molar-refractivity contribution in [2.45, 2.75) is 11.8 Å². The standard InChI is InChI=1S/C18H14ClF2N3O2S/c19-12-2-1-3-14(10-12)24-9-8-22-18(24)27-11-16(25)23-13-4-6-15(7-5-13)26-17(20)21/h1-10,17H,11H2,(H,23,25). The Balaban J connectivity index is 1.58. The van der Waals surface area contributed by atoms with E-state index < -0.39 is 6.61 Å². The van der Waals surface area contributed by atoms with Crippen LogP contribution >= 0.6 is 23.4 Å². The number of hydrogen-bond donors (Lipinski definition) is 1. The summed E-state index contributed by atoms with van der Waals surface area (Å²) in [5.41, 5.74) is 1.33. The van der Waals surface area contributed by atoms with E-state index in [0.29, 0.717) is 15.9 Å². The molecular weight excluding hydrogens is 396 g/mol. The number of halogens is 3. The lowest BCUT2D eigenvalue weighted by molar-refractivity contribution is -0.113. The number of hydrogen-bond acceptors (Lipinski definition) is 4. The molecule has 0 bridgehead atoms. The number of nitrogens with one attached hydrogen (secondary N) is 1. The molecule has 9 heteroatoms. The highest BCUT2D eigenvalue weighted by Crippen LogP contribution is 2.23. The summed E-state index contributed by atoms with van der Waals surface area (Å²) in [5.74, 6) is -0.0866. The molecule has 5 nitrogen and oxygen atoms in total. The van der Waals surface area contributed by atoms with Gasteiger partial charge in [0.2, 0.25) is 5.91 Å². The number of ether oxygens (including phenoxy) is 1. The Labute approximate surface area is 163 Å². The number of amides is 1. The third kappa shape index (κ3) is 5.45. The molecule has 0 fully saturated rings. The van der Waals surface area contributed by atoms with Crippen molar-refractivity contribution in [2.75, 3.05) is 11.1 Å². The van der Waals surface area contributed by atoms with Crippen LogP contribution in [0.15, 0.2) is 66.1 Å². The topological polar surface area (TPSA) is 56.2 Å². The summed E-state index contributed by atoms with van der Waals surface area (Å²) in [7, 11) is 0. The second-order valence-corrected chi connectivity index (χ2v) is 6.68. The van der Waals surface area contributed by atoms with Gasteiger partial charge in [-0.1, -0.05) is 29.4 Å². The molecule has 0 atom stereocenters. The molecular formula is C18H14ClF2N3O2S. The fourth-order valence-electron chi connectivity index (χ4n) is 2.27. The molecule has 1 N–H and O–H groups in total. The second kappa shape index (κ2) is 8.88. The van der Waals surface area contributed by atoms with E-state index in [9.17, 15) is 13.6 Å². The maximum Gasteiger partial charge on any atom is 0.387 e. The van der Waals surface area contributed by atoms with Crippen LogP contribution in [0, 0.1) is 0 Å². The van der Waals surface area contributed by atoms with Crippen LogP contribution in [0.5, 0.6) is 5.75 Å². The number of imidazole rings is 1. The Kier molecular flexibility index (Phi) is 6.31. The van der Waals surface area contributed by atoms with Gasteiger partial charge in [-0.05, 0) is 42.5 Å². The van der Waals surface area contributed by atoms with Crippen molar-refractivity contribution in [1.82, 2.24) is 9.55 Å². The van der Waals surface area contributed by atoms with Crippen molar-refractivity contribution in [3.8, 4) is 11.4 Å². The molecule has 0 aliphatic heterocycles. The van der Waals surface area contributed by atoms with Crippen LogP contribution in [-0.4, -0.2) is 27.8 Å². The van der Waals surface area contributed by atoms with Crippen LogP contribution in [0.4, 0.5) is 14.5 Å². The number of alkyl halides is 2. The predicted molar refractivity (Wildman–Crippen MR) is 101 cm³/mol. The van der Waals surface area contributed by atoms with Crippen molar-refractivity contribution >= 4 is 35.0 Å². The van der Waals surface area contributed by atoms with Gasteiger partial charge in [0.25, 0.3) is 0 Å². The molecule has 1 aromatic heterocycles. The highest BCUT2D eigenvalue weighted by molar-refractivity contribution is 7.99. The van der Waals surface area contributed by atoms with Gasteiger partial charge in [-0.15, -0.1) is 0 Å². The monoisotopic (exact) mass is 409 g/mol. The van der Waals surface area contributed by atoms with Crippen molar-refractivity contribution in [2.24, 2.45) is 0 Å². The summed E-state index contributed by atoms with van der Waals surface area (Å²) < 4.78 is 30.4. The number of nitrogens with zero attached hydrogens (tertiary/aromatic N) is 2. The average molecular weight is 410 g/mol. The Hall–Kier alpha value is -2.58. The molecule has 0 aliphatic carbocycles. The Bertz CT molecular complexity index is 919. The molecule has 0 radical (unpaired) electrons. The molecule has 2 aromatic carbocycles. The zero-order chi connectivity index (χ0) is 19.2. The number of anilines is 1. The molecule has 0 spiro atoms. The normalized spacial score (nSPS) is 10.8. The molecule has 1 amide bonds. The number of carbonyl (C=O) groups is 1. The van der Waals surface area contributed by atoms with E-state index in [1.54, 1.807) is 24.5 Å². The third-order valence-corrected chi connectivity index (χ3v) is 4.59. The Morgan fingerprint density at radius 3 is 2.74 bits per heavy atom. The van der Waals surface area contributed by atoms with Crippen LogP contribution in [0.3, 0.4) is 0 Å². The molecule has 27 heavy (non-hydrogen) atoms. The van der Waals surface area contributed by atoms with Gasteiger partial charge in [-0.3, -0.25) is 9.36 Å². The SMILES string of the molecule is O=C(CSc1nccn1-c1cccc(Cl)c1)Nc1ccc(OC(F)F)cc1. The van der Waals surface area contributed by atoms with Crippen LogP contribution < -0.4 is 10.1 Å². The summed E-state index contributed by atoms with van der Waals surface area (Å²) in [6, 6.07) is 13.0. The molecule has 0 saturated heterocycles. The second-order valence-electron chi connectivity index (χ2n) is 5.30. The van der Waals surface area contributed by atoms with Crippen LogP contribution in [0.1, 0.15) is 0 Å². The van der Waals surface area contributed by atoms with E-state index in [-0.39, 0.29) is 17.4 Å². The summed E-state index contributed by atoms with van der Waals surface area (Å²) in [6.45, 7) is -2.88. The van der Waals surface area contributed by atoms with Gasteiger partial charge >= 0.3 is 6.61 Å². The lowest BCUT2D eigenvalue weighted by Crippen LogP contribution is -2.14.